The first-order valence-corrected chi connectivity index (χ1v) is 5.59. The van der Waals surface area contributed by atoms with Crippen molar-refractivity contribution in [2.45, 2.75) is 20.3 Å². The van der Waals surface area contributed by atoms with Crippen molar-refractivity contribution in [1.29, 1.82) is 0 Å². The number of hydrogen-bond donors (Lipinski definition) is 1. The van der Waals surface area contributed by atoms with Crippen LogP contribution in [0.3, 0.4) is 0 Å². The molecule has 1 aliphatic heterocycles. The quantitative estimate of drug-likeness (QED) is 0.748. The van der Waals surface area contributed by atoms with Gasteiger partial charge in [0.25, 0.3) is 0 Å². The van der Waals surface area contributed by atoms with E-state index in [1.807, 2.05) is 23.7 Å². The van der Waals surface area contributed by atoms with Crippen molar-refractivity contribution < 1.29 is 4.79 Å². The Bertz CT molecular complexity index is 613. The maximum atomic E-state index is 11.8. The highest BCUT2D eigenvalue weighted by molar-refractivity contribution is 5.95. The topological polar surface area (TPSA) is 46.9 Å². The van der Waals surface area contributed by atoms with Crippen LogP contribution in [0.1, 0.15) is 16.8 Å². The molecule has 0 spiro atoms. The summed E-state index contributed by atoms with van der Waals surface area (Å²) < 4.78 is 1.83. The fourth-order valence-corrected chi connectivity index (χ4v) is 2.12. The summed E-state index contributed by atoms with van der Waals surface area (Å²) in [7, 11) is 0. The van der Waals surface area contributed by atoms with E-state index in [4.69, 9.17) is 0 Å². The number of aryl methyl sites for hydroxylation is 2. The third-order valence-electron chi connectivity index (χ3n) is 3.18. The van der Waals surface area contributed by atoms with Gasteiger partial charge in [0.05, 0.1) is 23.5 Å². The van der Waals surface area contributed by atoms with E-state index in [1.54, 1.807) is 6.20 Å². The molecule has 0 fully saturated rings. The van der Waals surface area contributed by atoms with Gasteiger partial charge in [-0.15, -0.1) is 0 Å². The van der Waals surface area contributed by atoms with E-state index in [0.29, 0.717) is 6.42 Å². The van der Waals surface area contributed by atoms with Crippen molar-refractivity contribution in [3.63, 3.8) is 0 Å². The summed E-state index contributed by atoms with van der Waals surface area (Å²) in [5.41, 5.74) is 5.06. The van der Waals surface area contributed by atoms with E-state index in [0.717, 1.165) is 17.1 Å². The van der Waals surface area contributed by atoms with Crippen LogP contribution in [0.15, 0.2) is 24.4 Å². The molecule has 1 aromatic carbocycles. The highest BCUT2D eigenvalue weighted by Crippen LogP contribution is 2.27. The third kappa shape index (κ3) is 1.53. The number of benzene rings is 1. The lowest BCUT2D eigenvalue weighted by atomic mass is 10.1. The maximum absolute atomic E-state index is 11.8. The van der Waals surface area contributed by atoms with Gasteiger partial charge in [0.15, 0.2) is 0 Å². The Balaban J connectivity index is 2.30. The van der Waals surface area contributed by atoms with Gasteiger partial charge >= 0.3 is 0 Å². The molecule has 86 valence electrons. The number of carbonyl (C=O) groups excluding carboxylic acids is 1. The van der Waals surface area contributed by atoms with Gasteiger partial charge in [-0.05, 0) is 43.2 Å². The molecular formula is C13H13N3O. The van der Waals surface area contributed by atoms with E-state index >= 15 is 0 Å². The zero-order chi connectivity index (χ0) is 12.0. The molecule has 2 aromatic rings. The van der Waals surface area contributed by atoms with Crippen LogP contribution in [0, 0.1) is 13.8 Å². The normalized spacial score (nSPS) is 13.6. The molecule has 0 radical (unpaired) electrons. The number of hydrogen-bond acceptors (Lipinski definition) is 2. The minimum Gasteiger partial charge on any atom is -0.324 e. The summed E-state index contributed by atoms with van der Waals surface area (Å²) in [6.45, 7) is 4.10. The largest absolute Gasteiger partial charge is 0.324 e. The maximum Gasteiger partial charge on any atom is 0.230 e. The van der Waals surface area contributed by atoms with Gasteiger partial charge < -0.3 is 5.32 Å². The van der Waals surface area contributed by atoms with Crippen LogP contribution in [-0.2, 0) is 11.2 Å². The Morgan fingerprint density at radius 3 is 2.88 bits per heavy atom. The van der Waals surface area contributed by atoms with Gasteiger partial charge in [-0.3, -0.25) is 4.79 Å². The second kappa shape index (κ2) is 3.45. The zero-order valence-corrected chi connectivity index (χ0v) is 9.82. The molecule has 1 N–H and O–H groups in total. The Labute approximate surface area is 99.3 Å². The number of anilines is 1. The van der Waals surface area contributed by atoms with Crippen molar-refractivity contribution >= 4 is 11.6 Å². The van der Waals surface area contributed by atoms with Crippen molar-refractivity contribution in [1.82, 2.24) is 9.78 Å². The number of nitrogens with zero attached hydrogens (tertiary/aromatic N) is 2. The minimum absolute atomic E-state index is 0.00810. The van der Waals surface area contributed by atoms with E-state index in [-0.39, 0.29) is 5.91 Å². The molecule has 3 rings (SSSR count). The van der Waals surface area contributed by atoms with Crippen LogP contribution in [-0.4, -0.2) is 15.7 Å². The van der Waals surface area contributed by atoms with Crippen molar-refractivity contribution in [2.75, 3.05) is 5.32 Å². The van der Waals surface area contributed by atoms with Crippen molar-refractivity contribution in [3.8, 4) is 5.69 Å². The SMILES string of the molecule is Cc1cc2c(cc1C)-n1nccc1CC(=O)N2. The minimum atomic E-state index is 0.00810. The van der Waals surface area contributed by atoms with Crippen LogP contribution in [0.25, 0.3) is 5.69 Å². The molecule has 2 heterocycles. The summed E-state index contributed by atoms with van der Waals surface area (Å²) >= 11 is 0. The second-order valence-corrected chi connectivity index (χ2v) is 4.41. The first kappa shape index (κ1) is 10.1. The molecule has 4 heteroatoms. The van der Waals surface area contributed by atoms with Crippen LogP contribution >= 0.6 is 0 Å². The van der Waals surface area contributed by atoms with E-state index in [2.05, 4.69) is 23.4 Å². The molecule has 0 aliphatic carbocycles. The molecule has 4 nitrogen and oxygen atoms in total. The molecule has 0 bridgehead atoms. The van der Waals surface area contributed by atoms with Gasteiger partial charge in [-0.2, -0.15) is 5.10 Å². The summed E-state index contributed by atoms with van der Waals surface area (Å²) in [6.07, 6.45) is 2.10. The molecule has 1 aromatic heterocycles. The molecule has 0 unspecified atom stereocenters. The summed E-state index contributed by atoms with van der Waals surface area (Å²) in [6, 6.07) is 5.94. The van der Waals surface area contributed by atoms with Crippen LogP contribution in [0.2, 0.25) is 0 Å². The van der Waals surface area contributed by atoms with E-state index in [9.17, 15) is 4.79 Å². The predicted octanol–water partition coefficient (Wildman–Crippen LogP) is 1.98. The summed E-state index contributed by atoms with van der Waals surface area (Å²) in [4.78, 5) is 11.8. The molecule has 1 amide bonds. The monoisotopic (exact) mass is 227 g/mol. The first-order valence-electron chi connectivity index (χ1n) is 5.59. The fourth-order valence-electron chi connectivity index (χ4n) is 2.12. The van der Waals surface area contributed by atoms with Crippen LogP contribution in [0.4, 0.5) is 5.69 Å². The van der Waals surface area contributed by atoms with Crippen molar-refractivity contribution in [3.05, 3.63) is 41.2 Å². The Hall–Kier alpha value is -2.10. The standard InChI is InChI=1S/C13H13N3O/c1-8-5-11-12(6-9(8)2)16-10(3-4-14-16)7-13(17)15-11/h3-6H,7H2,1-2H3,(H,15,17). The van der Waals surface area contributed by atoms with Gasteiger partial charge in [0.1, 0.15) is 0 Å². The number of nitrogens with one attached hydrogen (secondary N) is 1. The van der Waals surface area contributed by atoms with Gasteiger partial charge in [0, 0.05) is 6.20 Å². The number of carbonyl (C=O) groups is 1. The number of rotatable bonds is 0. The van der Waals surface area contributed by atoms with Crippen LogP contribution in [0.5, 0.6) is 0 Å². The van der Waals surface area contributed by atoms with Crippen LogP contribution < -0.4 is 5.32 Å². The molecule has 0 saturated heterocycles. The third-order valence-corrected chi connectivity index (χ3v) is 3.18. The van der Waals surface area contributed by atoms with E-state index in [1.165, 1.54) is 11.1 Å². The second-order valence-electron chi connectivity index (χ2n) is 4.41. The number of fused-ring (bicyclic) bond motifs is 3. The van der Waals surface area contributed by atoms with Crippen molar-refractivity contribution in [2.24, 2.45) is 0 Å². The highest BCUT2D eigenvalue weighted by Gasteiger charge is 2.19. The average molecular weight is 227 g/mol. The lowest BCUT2D eigenvalue weighted by Crippen LogP contribution is -2.12. The Kier molecular flexibility index (Phi) is 2.04. The molecule has 1 aliphatic rings. The number of aromatic nitrogens is 2. The van der Waals surface area contributed by atoms with E-state index < -0.39 is 0 Å². The van der Waals surface area contributed by atoms with Gasteiger partial charge in [-0.25, -0.2) is 4.68 Å². The Morgan fingerprint density at radius 2 is 2.06 bits per heavy atom. The van der Waals surface area contributed by atoms with Gasteiger partial charge in [-0.1, -0.05) is 0 Å². The van der Waals surface area contributed by atoms with Gasteiger partial charge in [0.2, 0.25) is 5.91 Å². The summed E-state index contributed by atoms with van der Waals surface area (Å²) in [5, 5.41) is 7.21. The fraction of sp³-hybridized carbons (Fsp3) is 0.231. The molecule has 0 saturated carbocycles. The molecule has 17 heavy (non-hydrogen) atoms. The zero-order valence-electron chi connectivity index (χ0n) is 9.82. The lowest BCUT2D eigenvalue weighted by molar-refractivity contribution is -0.115. The lowest BCUT2D eigenvalue weighted by Gasteiger charge is -2.11. The number of amides is 1. The summed E-state index contributed by atoms with van der Waals surface area (Å²) in [5.74, 6) is 0.00810. The molecular weight excluding hydrogens is 214 g/mol. The predicted molar refractivity (Wildman–Crippen MR) is 65.4 cm³/mol. The highest BCUT2D eigenvalue weighted by atomic mass is 16.1. The first-order chi connectivity index (χ1) is 8.15. The molecule has 0 atom stereocenters. The smallest absolute Gasteiger partial charge is 0.230 e. The average Bonchev–Trinajstić information content (AvgIpc) is 2.66. The Morgan fingerprint density at radius 1 is 1.29 bits per heavy atom.